The second-order valence-electron chi connectivity index (χ2n) is 6.40. The molecule has 0 aliphatic carbocycles. The average Bonchev–Trinajstić information content (AvgIpc) is 2.96. The van der Waals surface area contributed by atoms with Gasteiger partial charge < -0.3 is 9.80 Å². The topological polar surface area (TPSA) is 70.8 Å². The van der Waals surface area contributed by atoms with E-state index in [4.69, 9.17) is 11.6 Å². The average molecular weight is 384 g/mol. The van der Waals surface area contributed by atoms with E-state index in [1.54, 1.807) is 63.1 Å². The standard InChI is InChI=1S/C19H18ClN5O2/c20-15-5-1-4-14(12-15)18(26)23-7-3-8-24(11-10-23)19(27)16-13-17-21-6-2-9-25(17)22-16/h1-2,4-6,9,12-13H,3,7-8,10-11H2. The number of rotatable bonds is 2. The maximum atomic E-state index is 12.8. The van der Waals surface area contributed by atoms with Crippen molar-refractivity contribution in [2.45, 2.75) is 6.42 Å². The zero-order chi connectivity index (χ0) is 18.8. The van der Waals surface area contributed by atoms with Gasteiger partial charge in [-0.3, -0.25) is 9.59 Å². The summed E-state index contributed by atoms with van der Waals surface area (Å²) >= 11 is 5.99. The van der Waals surface area contributed by atoms with Crippen LogP contribution in [-0.4, -0.2) is 62.4 Å². The third kappa shape index (κ3) is 3.64. The van der Waals surface area contributed by atoms with Gasteiger partial charge in [0.15, 0.2) is 11.3 Å². The Bertz CT molecular complexity index is 969. The Hall–Kier alpha value is -2.93. The summed E-state index contributed by atoms with van der Waals surface area (Å²) in [5, 5.41) is 4.83. The third-order valence-corrected chi connectivity index (χ3v) is 4.83. The third-order valence-electron chi connectivity index (χ3n) is 4.60. The fourth-order valence-electron chi connectivity index (χ4n) is 3.22. The van der Waals surface area contributed by atoms with Crippen LogP contribution >= 0.6 is 11.6 Å². The molecule has 2 aromatic heterocycles. The van der Waals surface area contributed by atoms with Gasteiger partial charge in [-0.25, -0.2) is 9.50 Å². The molecule has 0 radical (unpaired) electrons. The Morgan fingerprint density at radius 2 is 1.74 bits per heavy atom. The van der Waals surface area contributed by atoms with Crippen LogP contribution in [0.3, 0.4) is 0 Å². The lowest BCUT2D eigenvalue weighted by molar-refractivity contribution is 0.0715. The Morgan fingerprint density at radius 1 is 0.963 bits per heavy atom. The number of aromatic nitrogens is 3. The molecule has 0 atom stereocenters. The van der Waals surface area contributed by atoms with Crippen molar-refractivity contribution in [1.82, 2.24) is 24.4 Å². The number of carbonyl (C=O) groups is 2. The van der Waals surface area contributed by atoms with Crippen molar-refractivity contribution in [1.29, 1.82) is 0 Å². The molecule has 2 amide bonds. The van der Waals surface area contributed by atoms with Gasteiger partial charge in [0.25, 0.3) is 11.8 Å². The van der Waals surface area contributed by atoms with Gasteiger partial charge in [-0.15, -0.1) is 0 Å². The Balaban J connectivity index is 1.46. The molecule has 8 heteroatoms. The van der Waals surface area contributed by atoms with E-state index in [2.05, 4.69) is 10.1 Å². The van der Waals surface area contributed by atoms with Crippen LogP contribution in [0.5, 0.6) is 0 Å². The maximum Gasteiger partial charge on any atom is 0.274 e. The molecule has 7 nitrogen and oxygen atoms in total. The van der Waals surface area contributed by atoms with Crippen molar-refractivity contribution in [3.8, 4) is 0 Å². The lowest BCUT2D eigenvalue weighted by Crippen LogP contribution is -2.37. The van der Waals surface area contributed by atoms with Crippen LogP contribution in [0.25, 0.3) is 5.65 Å². The van der Waals surface area contributed by atoms with Crippen molar-refractivity contribution < 1.29 is 9.59 Å². The predicted octanol–water partition coefficient (Wildman–Crippen LogP) is 2.37. The van der Waals surface area contributed by atoms with Crippen molar-refractivity contribution in [2.24, 2.45) is 0 Å². The molecule has 138 valence electrons. The van der Waals surface area contributed by atoms with Gasteiger partial charge in [-0.1, -0.05) is 17.7 Å². The van der Waals surface area contributed by atoms with Crippen LogP contribution in [0.1, 0.15) is 27.3 Å². The first-order valence-corrected chi connectivity index (χ1v) is 9.14. The van der Waals surface area contributed by atoms with E-state index in [-0.39, 0.29) is 11.8 Å². The summed E-state index contributed by atoms with van der Waals surface area (Å²) in [4.78, 5) is 33.2. The summed E-state index contributed by atoms with van der Waals surface area (Å²) in [6, 6.07) is 10.4. The van der Waals surface area contributed by atoms with Crippen LogP contribution in [0, 0.1) is 0 Å². The van der Waals surface area contributed by atoms with Crippen molar-refractivity contribution >= 4 is 29.1 Å². The molecule has 1 aliphatic rings. The van der Waals surface area contributed by atoms with E-state index >= 15 is 0 Å². The van der Waals surface area contributed by atoms with Crippen LogP contribution in [0.4, 0.5) is 0 Å². The maximum absolute atomic E-state index is 12.8. The van der Waals surface area contributed by atoms with Gasteiger partial charge in [0, 0.05) is 55.2 Å². The molecule has 27 heavy (non-hydrogen) atoms. The zero-order valence-corrected chi connectivity index (χ0v) is 15.3. The fraction of sp³-hybridized carbons (Fsp3) is 0.263. The number of fused-ring (bicyclic) bond motifs is 1. The molecule has 0 spiro atoms. The highest BCUT2D eigenvalue weighted by molar-refractivity contribution is 6.30. The molecule has 1 saturated heterocycles. The molecule has 0 bridgehead atoms. The summed E-state index contributed by atoms with van der Waals surface area (Å²) in [7, 11) is 0. The van der Waals surface area contributed by atoms with Gasteiger partial charge in [0.2, 0.25) is 0 Å². The predicted molar refractivity (Wildman–Crippen MR) is 101 cm³/mol. The SMILES string of the molecule is O=C(c1cccc(Cl)c1)N1CCCN(C(=O)c2cc3ncccn3n2)CC1. The highest BCUT2D eigenvalue weighted by Crippen LogP contribution is 2.15. The molecule has 0 unspecified atom stereocenters. The molecular formula is C19H18ClN5O2. The molecule has 0 N–H and O–H groups in total. The van der Waals surface area contributed by atoms with Crippen LogP contribution in [0.15, 0.2) is 48.8 Å². The Morgan fingerprint density at radius 3 is 2.48 bits per heavy atom. The van der Waals surface area contributed by atoms with Crippen molar-refractivity contribution in [3.63, 3.8) is 0 Å². The number of halogens is 1. The number of hydrogen-bond acceptors (Lipinski definition) is 4. The highest BCUT2D eigenvalue weighted by Gasteiger charge is 2.25. The van der Waals surface area contributed by atoms with Crippen LogP contribution in [0.2, 0.25) is 5.02 Å². The largest absolute Gasteiger partial charge is 0.337 e. The minimum absolute atomic E-state index is 0.0660. The van der Waals surface area contributed by atoms with Gasteiger partial charge in [0.05, 0.1) is 0 Å². The highest BCUT2D eigenvalue weighted by atomic mass is 35.5. The normalized spacial score (nSPS) is 15.0. The first-order chi connectivity index (χ1) is 13.1. The summed E-state index contributed by atoms with van der Waals surface area (Å²) < 4.78 is 1.58. The summed E-state index contributed by atoms with van der Waals surface area (Å²) in [5.41, 5.74) is 1.56. The van der Waals surface area contributed by atoms with Crippen molar-refractivity contribution in [3.05, 3.63) is 65.1 Å². The van der Waals surface area contributed by atoms with E-state index in [0.717, 1.165) is 0 Å². The lowest BCUT2D eigenvalue weighted by Gasteiger charge is -2.21. The second-order valence-corrected chi connectivity index (χ2v) is 6.84. The van der Waals surface area contributed by atoms with Crippen LogP contribution < -0.4 is 0 Å². The Labute approximate surface area is 161 Å². The molecule has 0 saturated carbocycles. The quantitative estimate of drug-likeness (QED) is 0.681. The van der Waals surface area contributed by atoms with E-state index in [1.807, 2.05) is 0 Å². The molecule has 4 rings (SSSR count). The number of benzene rings is 1. The fourth-order valence-corrected chi connectivity index (χ4v) is 3.41. The molecule has 1 aliphatic heterocycles. The minimum atomic E-state index is -0.141. The number of carbonyl (C=O) groups excluding carboxylic acids is 2. The molecular weight excluding hydrogens is 366 g/mol. The Kier molecular flexibility index (Phi) is 4.77. The summed E-state index contributed by atoms with van der Waals surface area (Å²) in [6.45, 7) is 2.12. The lowest BCUT2D eigenvalue weighted by atomic mass is 10.2. The first-order valence-electron chi connectivity index (χ1n) is 8.76. The minimum Gasteiger partial charge on any atom is -0.337 e. The van der Waals surface area contributed by atoms with Gasteiger partial charge in [-0.05, 0) is 30.7 Å². The summed E-state index contributed by atoms with van der Waals surface area (Å²) in [6.07, 6.45) is 4.13. The summed E-state index contributed by atoms with van der Waals surface area (Å²) in [5.74, 6) is -0.207. The van der Waals surface area contributed by atoms with E-state index in [1.165, 1.54) is 0 Å². The van der Waals surface area contributed by atoms with E-state index in [9.17, 15) is 9.59 Å². The van der Waals surface area contributed by atoms with Crippen molar-refractivity contribution in [2.75, 3.05) is 26.2 Å². The second kappa shape index (κ2) is 7.36. The smallest absolute Gasteiger partial charge is 0.274 e. The number of hydrogen-bond donors (Lipinski definition) is 0. The van der Waals surface area contributed by atoms with Gasteiger partial charge >= 0.3 is 0 Å². The van der Waals surface area contributed by atoms with E-state index in [0.29, 0.717) is 54.5 Å². The van der Waals surface area contributed by atoms with Crippen LogP contribution in [-0.2, 0) is 0 Å². The zero-order valence-electron chi connectivity index (χ0n) is 14.6. The van der Waals surface area contributed by atoms with Gasteiger partial charge in [-0.2, -0.15) is 5.10 Å². The van der Waals surface area contributed by atoms with Gasteiger partial charge in [0.1, 0.15) is 0 Å². The molecule has 1 fully saturated rings. The first kappa shape index (κ1) is 17.5. The molecule has 1 aromatic carbocycles. The molecule has 3 aromatic rings. The molecule has 3 heterocycles. The number of amides is 2. The monoisotopic (exact) mass is 383 g/mol. The number of nitrogens with zero attached hydrogens (tertiary/aromatic N) is 5. The van der Waals surface area contributed by atoms with E-state index < -0.39 is 0 Å².